The third-order valence-corrected chi connectivity index (χ3v) is 3.84. The zero-order chi connectivity index (χ0) is 15.8. The van der Waals surface area contributed by atoms with Crippen LogP contribution in [0.15, 0.2) is 48.5 Å². The lowest BCUT2D eigenvalue weighted by Gasteiger charge is -2.05. The first kappa shape index (κ1) is 15.6. The smallest absolute Gasteiger partial charge is 0.234 e. The van der Waals surface area contributed by atoms with E-state index in [0.29, 0.717) is 28.3 Å². The van der Waals surface area contributed by atoms with Gasteiger partial charge in [-0.3, -0.25) is 4.79 Å². The van der Waals surface area contributed by atoms with Crippen LogP contribution in [0.2, 0.25) is 0 Å². The molecule has 4 nitrogen and oxygen atoms in total. The number of nitrogens with one attached hydrogen (secondary N) is 1. The molecule has 0 radical (unpaired) electrons. The van der Waals surface area contributed by atoms with Gasteiger partial charge in [-0.25, -0.2) is 0 Å². The molecule has 108 valence electrons. The van der Waals surface area contributed by atoms with Crippen molar-refractivity contribution in [3.63, 3.8) is 0 Å². The Balaban J connectivity index is 1.83. The second kappa shape index (κ2) is 7.87. The summed E-state index contributed by atoms with van der Waals surface area (Å²) in [6.45, 7) is 0. The van der Waals surface area contributed by atoms with Crippen LogP contribution in [0.4, 0.5) is 5.69 Å². The Bertz CT molecular complexity index is 759. The van der Waals surface area contributed by atoms with E-state index in [4.69, 9.17) is 10.5 Å². The lowest BCUT2D eigenvalue weighted by atomic mass is 10.2. The number of nitrogens with zero attached hydrogens (tertiary/aromatic N) is 2. The normalized spacial score (nSPS) is 9.55. The van der Waals surface area contributed by atoms with Gasteiger partial charge in [0.2, 0.25) is 5.91 Å². The van der Waals surface area contributed by atoms with Crippen LogP contribution in [0.1, 0.15) is 16.7 Å². The minimum atomic E-state index is -0.114. The molecule has 0 saturated carbocycles. The first-order valence-corrected chi connectivity index (χ1v) is 7.73. The quantitative estimate of drug-likeness (QED) is 0.919. The average molecular weight is 307 g/mol. The fourth-order valence-corrected chi connectivity index (χ4v) is 2.63. The monoisotopic (exact) mass is 307 g/mol. The topological polar surface area (TPSA) is 76.7 Å². The van der Waals surface area contributed by atoms with Crippen LogP contribution in [0.5, 0.6) is 0 Å². The molecule has 1 amide bonds. The fraction of sp³-hybridized carbons (Fsp3) is 0.118. The molecule has 2 aromatic rings. The number of carbonyl (C=O) groups excluding carboxylic acids is 1. The number of amides is 1. The maximum Gasteiger partial charge on any atom is 0.234 e. The number of nitriles is 2. The Morgan fingerprint density at radius 1 is 1.05 bits per heavy atom. The Labute approximate surface area is 133 Å². The summed E-state index contributed by atoms with van der Waals surface area (Å²) in [5, 5.41) is 20.4. The first-order valence-electron chi connectivity index (χ1n) is 6.58. The predicted molar refractivity (Wildman–Crippen MR) is 87.1 cm³/mol. The lowest BCUT2D eigenvalue weighted by Crippen LogP contribution is -2.14. The summed E-state index contributed by atoms with van der Waals surface area (Å²) in [4.78, 5) is 11.9. The third kappa shape index (κ3) is 4.66. The van der Waals surface area contributed by atoms with Gasteiger partial charge in [-0.15, -0.1) is 11.8 Å². The highest BCUT2D eigenvalue weighted by Gasteiger charge is 2.04. The molecule has 0 aliphatic heterocycles. The van der Waals surface area contributed by atoms with Crippen molar-refractivity contribution in [2.75, 3.05) is 11.1 Å². The molecule has 0 aliphatic carbocycles. The summed E-state index contributed by atoms with van der Waals surface area (Å²) in [7, 11) is 0. The van der Waals surface area contributed by atoms with E-state index in [2.05, 4.69) is 11.4 Å². The van der Waals surface area contributed by atoms with E-state index in [1.807, 2.05) is 24.3 Å². The molecule has 0 saturated heterocycles. The molecule has 0 atom stereocenters. The van der Waals surface area contributed by atoms with Crippen molar-refractivity contribution in [3.05, 3.63) is 65.2 Å². The maximum absolute atomic E-state index is 11.9. The molecule has 0 unspecified atom stereocenters. The van der Waals surface area contributed by atoms with E-state index in [1.54, 1.807) is 30.3 Å². The van der Waals surface area contributed by atoms with Crippen molar-refractivity contribution in [1.29, 1.82) is 10.5 Å². The summed E-state index contributed by atoms with van der Waals surface area (Å²) in [6.07, 6.45) is 0. The van der Waals surface area contributed by atoms with E-state index in [0.717, 1.165) is 5.56 Å². The number of anilines is 1. The molecule has 5 heteroatoms. The van der Waals surface area contributed by atoms with Crippen molar-refractivity contribution in [2.45, 2.75) is 5.75 Å². The van der Waals surface area contributed by atoms with E-state index in [1.165, 1.54) is 11.8 Å². The lowest BCUT2D eigenvalue weighted by molar-refractivity contribution is -0.113. The van der Waals surface area contributed by atoms with Crippen LogP contribution in [0.25, 0.3) is 0 Å². The number of hydrogen-bond donors (Lipinski definition) is 1. The zero-order valence-corrected chi connectivity index (χ0v) is 12.6. The summed E-state index contributed by atoms with van der Waals surface area (Å²) in [6, 6.07) is 18.3. The summed E-state index contributed by atoms with van der Waals surface area (Å²) in [5.41, 5.74) is 2.77. The number of thioether (sulfide) groups is 1. The molecular formula is C17H13N3OS. The first-order chi connectivity index (χ1) is 10.7. The highest BCUT2D eigenvalue weighted by atomic mass is 32.2. The van der Waals surface area contributed by atoms with Gasteiger partial charge in [0.15, 0.2) is 0 Å². The zero-order valence-electron chi connectivity index (χ0n) is 11.7. The van der Waals surface area contributed by atoms with Gasteiger partial charge in [-0.05, 0) is 35.9 Å². The van der Waals surface area contributed by atoms with Gasteiger partial charge in [-0.1, -0.05) is 18.2 Å². The minimum absolute atomic E-state index is 0.114. The Morgan fingerprint density at radius 3 is 2.45 bits per heavy atom. The van der Waals surface area contributed by atoms with Crippen molar-refractivity contribution in [1.82, 2.24) is 0 Å². The Kier molecular flexibility index (Phi) is 5.59. The molecule has 0 spiro atoms. The SMILES string of the molecule is N#Cc1cccc(CSCC(=O)Nc2cccc(C#N)c2)c1. The Hall–Kier alpha value is -2.76. The Morgan fingerprint density at radius 2 is 1.73 bits per heavy atom. The van der Waals surface area contributed by atoms with Crippen molar-refractivity contribution >= 4 is 23.4 Å². The minimum Gasteiger partial charge on any atom is -0.325 e. The molecule has 22 heavy (non-hydrogen) atoms. The van der Waals surface area contributed by atoms with Gasteiger partial charge in [0.1, 0.15) is 0 Å². The average Bonchev–Trinajstić information content (AvgIpc) is 2.55. The molecule has 2 rings (SSSR count). The third-order valence-electron chi connectivity index (χ3n) is 2.83. The largest absolute Gasteiger partial charge is 0.325 e. The highest BCUT2D eigenvalue weighted by molar-refractivity contribution is 7.99. The maximum atomic E-state index is 11.9. The van der Waals surface area contributed by atoms with Gasteiger partial charge in [0.05, 0.1) is 29.0 Å². The van der Waals surface area contributed by atoms with Crippen LogP contribution in [-0.2, 0) is 10.5 Å². The molecule has 0 heterocycles. The van der Waals surface area contributed by atoms with Crippen molar-refractivity contribution in [2.24, 2.45) is 0 Å². The van der Waals surface area contributed by atoms with E-state index in [-0.39, 0.29) is 5.91 Å². The molecule has 0 fully saturated rings. The van der Waals surface area contributed by atoms with Crippen molar-refractivity contribution in [3.8, 4) is 12.1 Å². The van der Waals surface area contributed by atoms with E-state index < -0.39 is 0 Å². The van der Waals surface area contributed by atoms with E-state index in [9.17, 15) is 4.79 Å². The highest BCUT2D eigenvalue weighted by Crippen LogP contribution is 2.15. The summed E-state index contributed by atoms with van der Waals surface area (Å²) >= 11 is 1.48. The van der Waals surface area contributed by atoms with Gasteiger partial charge in [0.25, 0.3) is 0 Å². The van der Waals surface area contributed by atoms with Gasteiger partial charge < -0.3 is 5.32 Å². The molecule has 1 N–H and O–H groups in total. The second-order valence-electron chi connectivity index (χ2n) is 4.55. The predicted octanol–water partition coefficient (Wildman–Crippen LogP) is 3.30. The van der Waals surface area contributed by atoms with Crippen LogP contribution < -0.4 is 5.32 Å². The van der Waals surface area contributed by atoms with Gasteiger partial charge in [0, 0.05) is 11.4 Å². The molecule has 0 aromatic heterocycles. The van der Waals surface area contributed by atoms with Crippen LogP contribution >= 0.6 is 11.8 Å². The molecule has 2 aromatic carbocycles. The fourth-order valence-electron chi connectivity index (χ4n) is 1.86. The van der Waals surface area contributed by atoms with Crippen LogP contribution in [-0.4, -0.2) is 11.7 Å². The number of hydrogen-bond acceptors (Lipinski definition) is 4. The van der Waals surface area contributed by atoms with Gasteiger partial charge in [-0.2, -0.15) is 10.5 Å². The standard InChI is InChI=1S/C17H13N3OS/c18-9-13-3-1-5-15(7-13)11-22-12-17(21)20-16-6-2-4-14(8-16)10-19/h1-8H,11-12H2,(H,20,21). The van der Waals surface area contributed by atoms with Crippen molar-refractivity contribution < 1.29 is 4.79 Å². The summed E-state index contributed by atoms with van der Waals surface area (Å²) < 4.78 is 0. The molecular weight excluding hydrogens is 294 g/mol. The van der Waals surface area contributed by atoms with Crippen LogP contribution in [0, 0.1) is 22.7 Å². The second-order valence-corrected chi connectivity index (χ2v) is 5.53. The number of benzene rings is 2. The number of carbonyl (C=O) groups is 1. The molecule has 0 aliphatic rings. The van der Waals surface area contributed by atoms with Gasteiger partial charge >= 0.3 is 0 Å². The van der Waals surface area contributed by atoms with Crippen LogP contribution in [0.3, 0.4) is 0 Å². The van der Waals surface area contributed by atoms with E-state index >= 15 is 0 Å². The molecule has 0 bridgehead atoms. The summed E-state index contributed by atoms with van der Waals surface area (Å²) in [5.74, 6) is 0.867. The number of rotatable bonds is 5.